The van der Waals surface area contributed by atoms with Crippen LogP contribution in [0.4, 0.5) is 5.69 Å². The van der Waals surface area contributed by atoms with Gasteiger partial charge in [0.2, 0.25) is 5.91 Å². The number of amides is 1. The summed E-state index contributed by atoms with van der Waals surface area (Å²) in [6.45, 7) is 3.73. The molecule has 6 heteroatoms. The van der Waals surface area contributed by atoms with E-state index in [1.165, 1.54) is 0 Å². The number of aryl methyl sites for hydroxylation is 1. The van der Waals surface area contributed by atoms with E-state index in [4.69, 9.17) is 0 Å². The van der Waals surface area contributed by atoms with Crippen molar-refractivity contribution in [2.24, 2.45) is 0 Å². The normalized spacial score (nSPS) is 12.0. The molecule has 1 aromatic heterocycles. The second-order valence-corrected chi connectivity index (χ2v) is 7.59. The standard InChI is InChI=1S/C19H18BrN3OS/c1-13-16(20)12-23(22-13)14(2)19(24)21-17-10-6-7-11-18(17)25-15-8-4-3-5-9-15/h3-12,14H,1-2H3,(H,21,24). The van der Waals surface area contributed by atoms with Gasteiger partial charge in [0.1, 0.15) is 6.04 Å². The number of aromatic nitrogens is 2. The van der Waals surface area contributed by atoms with Crippen LogP contribution in [-0.2, 0) is 4.79 Å². The molecule has 0 saturated carbocycles. The Hall–Kier alpha value is -2.05. The van der Waals surface area contributed by atoms with Crippen LogP contribution in [-0.4, -0.2) is 15.7 Å². The van der Waals surface area contributed by atoms with Crippen molar-refractivity contribution >= 4 is 39.3 Å². The molecule has 0 radical (unpaired) electrons. The first kappa shape index (κ1) is 17.8. The minimum absolute atomic E-state index is 0.101. The number of anilines is 1. The second-order valence-electron chi connectivity index (χ2n) is 5.62. The average molecular weight is 416 g/mol. The number of halogens is 1. The first-order chi connectivity index (χ1) is 12.0. The summed E-state index contributed by atoms with van der Waals surface area (Å²) in [5.74, 6) is -0.101. The molecule has 3 aromatic rings. The van der Waals surface area contributed by atoms with E-state index in [1.54, 1.807) is 16.4 Å². The van der Waals surface area contributed by atoms with Crippen LogP contribution in [0.1, 0.15) is 18.7 Å². The predicted molar refractivity (Wildman–Crippen MR) is 105 cm³/mol. The third-order valence-electron chi connectivity index (χ3n) is 3.75. The number of nitrogens with one attached hydrogen (secondary N) is 1. The van der Waals surface area contributed by atoms with Crippen molar-refractivity contribution in [3.05, 3.63) is 71.0 Å². The molecule has 0 aliphatic rings. The molecule has 1 N–H and O–H groups in total. The van der Waals surface area contributed by atoms with Crippen molar-refractivity contribution in [1.29, 1.82) is 0 Å². The Kier molecular flexibility index (Phi) is 5.60. The fraction of sp³-hybridized carbons (Fsp3) is 0.158. The molecule has 128 valence electrons. The van der Waals surface area contributed by atoms with Crippen LogP contribution in [0.3, 0.4) is 0 Å². The van der Waals surface area contributed by atoms with E-state index in [0.717, 1.165) is 25.6 Å². The molecule has 1 amide bonds. The molecular weight excluding hydrogens is 398 g/mol. The number of hydrogen-bond acceptors (Lipinski definition) is 3. The molecule has 0 bridgehead atoms. The third kappa shape index (κ3) is 4.32. The van der Waals surface area contributed by atoms with Crippen molar-refractivity contribution in [2.45, 2.75) is 29.7 Å². The molecule has 3 rings (SSSR count). The van der Waals surface area contributed by atoms with Crippen molar-refractivity contribution in [3.8, 4) is 0 Å². The molecule has 1 unspecified atom stereocenters. The lowest BCUT2D eigenvalue weighted by Crippen LogP contribution is -2.24. The number of carbonyl (C=O) groups excluding carboxylic acids is 1. The molecule has 0 aliphatic carbocycles. The lowest BCUT2D eigenvalue weighted by Gasteiger charge is -2.15. The van der Waals surface area contributed by atoms with E-state index in [1.807, 2.05) is 62.5 Å². The minimum Gasteiger partial charge on any atom is -0.323 e. The Morgan fingerprint density at radius 2 is 1.84 bits per heavy atom. The molecule has 0 fully saturated rings. The van der Waals surface area contributed by atoms with E-state index in [9.17, 15) is 4.79 Å². The van der Waals surface area contributed by atoms with Gasteiger partial charge in [-0.2, -0.15) is 5.10 Å². The molecule has 0 saturated heterocycles. The summed E-state index contributed by atoms with van der Waals surface area (Å²) < 4.78 is 2.56. The van der Waals surface area contributed by atoms with E-state index in [0.29, 0.717) is 0 Å². The summed E-state index contributed by atoms with van der Waals surface area (Å²) in [5.41, 5.74) is 1.66. The molecule has 2 aromatic carbocycles. The lowest BCUT2D eigenvalue weighted by atomic mass is 10.2. The smallest absolute Gasteiger partial charge is 0.248 e. The first-order valence-electron chi connectivity index (χ1n) is 7.88. The lowest BCUT2D eigenvalue weighted by molar-refractivity contribution is -0.119. The Morgan fingerprint density at radius 1 is 1.16 bits per heavy atom. The van der Waals surface area contributed by atoms with Gasteiger partial charge < -0.3 is 5.32 Å². The zero-order valence-electron chi connectivity index (χ0n) is 13.9. The van der Waals surface area contributed by atoms with Gasteiger partial charge in [-0.3, -0.25) is 9.48 Å². The number of nitrogens with zero attached hydrogens (tertiary/aromatic N) is 2. The van der Waals surface area contributed by atoms with Crippen LogP contribution in [0.15, 0.2) is 75.1 Å². The van der Waals surface area contributed by atoms with Gasteiger partial charge in [-0.1, -0.05) is 42.1 Å². The quantitative estimate of drug-likeness (QED) is 0.614. The molecule has 0 aliphatic heterocycles. The largest absolute Gasteiger partial charge is 0.323 e. The number of para-hydroxylation sites is 1. The number of benzene rings is 2. The van der Waals surface area contributed by atoms with Gasteiger partial charge in [0.05, 0.1) is 15.9 Å². The van der Waals surface area contributed by atoms with Gasteiger partial charge in [-0.05, 0) is 54.0 Å². The highest BCUT2D eigenvalue weighted by molar-refractivity contribution is 9.10. The second kappa shape index (κ2) is 7.89. The summed E-state index contributed by atoms with van der Waals surface area (Å²) in [6.07, 6.45) is 1.82. The molecule has 25 heavy (non-hydrogen) atoms. The summed E-state index contributed by atoms with van der Waals surface area (Å²) in [4.78, 5) is 14.8. The number of carbonyl (C=O) groups is 1. The maximum atomic E-state index is 12.6. The Balaban J connectivity index is 1.77. The first-order valence-corrected chi connectivity index (χ1v) is 9.49. The average Bonchev–Trinajstić information content (AvgIpc) is 2.96. The van der Waals surface area contributed by atoms with Gasteiger partial charge in [-0.25, -0.2) is 0 Å². The van der Waals surface area contributed by atoms with Crippen molar-refractivity contribution in [3.63, 3.8) is 0 Å². The Bertz CT molecular complexity index is 860. The molecule has 1 heterocycles. The minimum atomic E-state index is -0.403. The van der Waals surface area contributed by atoms with Crippen LogP contribution in [0.5, 0.6) is 0 Å². The van der Waals surface area contributed by atoms with E-state index in [-0.39, 0.29) is 5.91 Å². The summed E-state index contributed by atoms with van der Waals surface area (Å²) in [5, 5.41) is 7.39. The highest BCUT2D eigenvalue weighted by Gasteiger charge is 2.18. The van der Waals surface area contributed by atoms with E-state index >= 15 is 0 Å². The van der Waals surface area contributed by atoms with Crippen LogP contribution >= 0.6 is 27.7 Å². The topological polar surface area (TPSA) is 46.9 Å². The van der Waals surface area contributed by atoms with Crippen LogP contribution < -0.4 is 5.32 Å². The highest BCUT2D eigenvalue weighted by Crippen LogP contribution is 2.33. The zero-order valence-corrected chi connectivity index (χ0v) is 16.3. The fourth-order valence-corrected chi connectivity index (χ4v) is 3.50. The molecule has 0 spiro atoms. The SMILES string of the molecule is Cc1nn(C(C)C(=O)Nc2ccccc2Sc2ccccc2)cc1Br. The zero-order chi connectivity index (χ0) is 17.8. The molecular formula is C19H18BrN3OS. The maximum Gasteiger partial charge on any atom is 0.248 e. The highest BCUT2D eigenvalue weighted by atomic mass is 79.9. The van der Waals surface area contributed by atoms with E-state index < -0.39 is 6.04 Å². The van der Waals surface area contributed by atoms with Gasteiger partial charge in [-0.15, -0.1) is 0 Å². The van der Waals surface area contributed by atoms with Gasteiger partial charge >= 0.3 is 0 Å². The summed E-state index contributed by atoms with van der Waals surface area (Å²) in [7, 11) is 0. The van der Waals surface area contributed by atoms with Gasteiger partial charge in [0, 0.05) is 16.0 Å². The van der Waals surface area contributed by atoms with Crippen molar-refractivity contribution in [2.75, 3.05) is 5.32 Å². The number of hydrogen-bond donors (Lipinski definition) is 1. The third-order valence-corrected chi connectivity index (χ3v) is 5.61. The summed E-state index contributed by atoms with van der Waals surface area (Å²) >= 11 is 5.06. The van der Waals surface area contributed by atoms with Crippen molar-refractivity contribution < 1.29 is 4.79 Å². The van der Waals surface area contributed by atoms with Crippen LogP contribution in [0.25, 0.3) is 0 Å². The molecule has 4 nitrogen and oxygen atoms in total. The maximum absolute atomic E-state index is 12.6. The fourth-order valence-electron chi connectivity index (χ4n) is 2.29. The van der Waals surface area contributed by atoms with Crippen molar-refractivity contribution in [1.82, 2.24) is 9.78 Å². The summed E-state index contributed by atoms with van der Waals surface area (Å²) in [6, 6.07) is 17.5. The monoisotopic (exact) mass is 415 g/mol. The van der Waals surface area contributed by atoms with Crippen LogP contribution in [0, 0.1) is 6.92 Å². The van der Waals surface area contributed by atoms with Gasteiger partial charge in [0.15, 0.2) is 0 Å². The van der Waals surface area contributed by atoms with E-state index in [2.05, 4.69) is 38.5 Å². The van der Waals surface area contributed by atoms with Gasteiger partial charge in [0.25, 0.3) is 0 Å². The number of rotatable bonds is 5. The molecule has 1 atom stereocenters. The Labute approximate surface area is 159 Å². The Morgan fingerprint density at radius 3 is 2.52 bits per heavy atom. The van der Waals surface area contributed by atoms with Crippen LogP contribution in [0.2, 0.25) is 0 Å². The predicted octanol–water partition coefficient (Wildman–Crippen LogP) is 5.30.